The van der Waals surface area contributed by atoms with Crippen LogP contribution in [0.5, 0.6) is 0 Å². The molecular formula is C14H16FNO. The molecule has 90 valence electrons. The van der Waals surface area contributed by atoms with E-state index in [-0.39, 0.29) is 11.5 Å². The first-order chi connectivity index (χ1) is 8.10. The van der Waals surface area contributed by atoms with Gasteiger partial charge in [-0.15, -0.1) is 13.2 Å². The largest absolute Gasteiger partial charge is 0.331 e. The number of aryl methyl sites for hydroxylation is 1. The summed E-state index contributed by atoms with van der Waals surface area (Å²) >= 11 is 0. The summed E-state index contributed by atoms with van der Waals surface area (Å²) in [5.41, 5.74) is 0.945. The molecule has 1 rings (SSSR count). The lowest BCUT2D eigenvalue weighted by Crippen LogP contribution is -2.32. The van der Waals surface area contributed by atoms with Crippen molar-refractivity contribution in [1.82, 2.24) is 4.90 Å². The smallest absolute Gasteiger partial charge is 0.257 e. The zero-order valence-corrected chi connectivity index (χ0v) is 9.95. The topological polar surface area (TPSA) is 20.3 Å². The monoisotopic (exact) mass is 233 g/mol. The van der Waals surface area contributed by atoms with Gasteiger partial charge in [-0.3, -0.25) is 4.79 Å². The van der Waals surface area contributed by atoms with E-state index in [1.54, 1.807) is 24.3 Å². The number of hydrogen-bond donors (Lipinski definition) is 0. The number of rotatable bonds is 5. The Labute approximate surface area is 101 Å². The summed E-state index contributed by atoms with van der Waals surface area (Å²) in [6.07, 6.45) is 3.21. The zero-order valence-electron chi connectivity index (χ0n) is 9.95. The van der Waals surface area contributed by atoms with E-state index in [1.807, 2.05) is 6.92 Å². The van der Waals surface area contributed by atoms with Gasteiger partial charge in [-0.1, -0.05) is 23.8 Å². The van der Waals surface area contributed by atoms with Gasteiger partial charge in [0.25, 0.3) is 5.91 Å². The minimum Gasteiger partial charge on any atom is -0.331 e. The van der Waals surface area contributed by atoms with Crippen molar-refractivity contribution in [2.24, 2.45) is 0 Å². The van der Waals surface area contributed by atoms with Gasteiger partial charge in [0, 0.05) is 13.1 Å². The van der Waals surface area contributed by atoms with Crippen LogP contribution in [0.1, 0.15) is 15.9 Å². The van der Waals surface area contributed by atoms with Gasteiger partial charge in [0.1, 0.15) is 5.82 Å². The Morgan fingerprint density at radius 3 is 2.47 bits per heavy atom. The van der Waals surface area contributed by atoms with Gasteiger partial charge in [-0.25, -0.2) is 4.39 Å². The van der Waals surface area contributed by atoms with Crippen LogP contribution >= 0.6 is 0 Å². The third-order valence-electron chi connectivity index (χ3n) is 2.34. The second-order valence-electron chi connectivity index (χ2n) is 3.77. The molecule has 0 saturated heterocycles. The molecule has 0 aliphatic carbocycles. The fourth-order valence-electron chi connectivity index (χ4n) is 1.53. The van der Waals surface area contributed by atoms with E-state index in [0.717, 1.165) is 5.56 Å². The average Bonchev–Trinajstić information content (AvgIpc) is 2.31. The first-order valence-corrected chi connectivity index (χ1v) is 5.37. The Hall–Kier alpha value is -1.90. The van der Waals surface area contributed by atoms with Crippen molar-refractivity contribution >= 4 is 5.91 Å². The number of hydrogen-bond acceptors (Lipinski definition) is 1. The molecule has 0 aliphatic heterocycles. The van der Waals surface area contributed by atoms with E-state index in [1.165, 1.54) is 11.0 Å². The number of halogens is 1. The Morgan fingerprint density at radius 1 is 1.35 bits per heavy atom. The first-order valence-electron chi connectivity index (χ1n) is 5.37. The SMILES string of the molecule is C=CCN(CC=C)C(=O)c1cc(C)ccc1F. The van der Waals surface area contributed by atoms with Crippen molar-refractivity contribution < 1.29 is 9.18 Å². The summed E-state index contributed by atoms with van der Waals surface area (Å²) in [7, 11) is 0. The van der Waals surface area contributed by atoms with Crippen LogP contribution in [0.3, 0.4) is 0 Å². The normalized spacial score (nSPS) is 9.76. The molecule has 0 unspecified atom stereocenters. The number of carbonyl (C=O) groups is 1. The third kappa shape index (κ3) is 3.28. The molecular weight excluding hydrogens is 217 g/mol. The molecule has 0 radical (unpaired) electrons. The zero-order chi connectivity index (χ0) is 12.8. The van der Waals surface area contributed by atoms with Crippen molar-refractivity contribution in [3.05, 3.63) is 60.5 Å². The second-order valence-corrected chi connectivity index (χ2v) is 3.77. The summed E-state index contributed by atoms with van der Waals surface area (Å²) in [5, 5.41) is 0. The third-order valence-corrected chi connectivity index (χ3v) is 2.34. The molecule has 3 heteroatoms. The van der Waals surface area contributed by atoms with Gasteiger partial charge in [-0.2, -0.15) is 0 Å². The van der Waals surface area contributed by atoms with Gasteiger partial charge in [0.2, 0.25) is 0 Å². The van der Waals surface area contributed by atoms with E-state index >= 15 is 0 Å². The maximum absolute atomic E-state index is 13.6. The van der Waals surface area contributed by atoms with Gasteiger partial charge in [0.15, 0.2) is 0 Å². The summed E-state index contributed by atoms with van der Waals surface area (Å²) in [6, 6.07) is 4.50. The van der Waals surface area contributed by atoms with Crippen LogP contribution in [0.15, 0.2) is 43.5 Å². The van der Waals surface area contributed by atoms with Crippen LogP contribution in [-0.2, 0) is 0 Å². The standard InChI is InChI=1S/C14H16FNO/c1-4-8-16(9-5-2)14(17)12-10-11(3)6-7-13(12)15/h4-7,10H,1-2,8-9H2,3H3. The molecule has 17 heavy (non-hydrogen) atoms. The van der Waals surface area contributed by atoms with Crippen molar-refractivity contribution in [2.45, 2.75) is 6.92 Å². The fraction of sp³-hybridized carbons (Fsp3) is 0.214. The van der Waals surface area contributed by atoms with Crippen molar-refractivity contribution in [1.29, 1.82) is 0 Å². The highest BCUT2D eigenvalue weighted by molar-refractivity contribution is 5.94. The minimum absolute atomic E-state index is 0.0914. The van der Waals surface area contributed by atoms with Crippen LogP contribution in [0.2, 0.25) is 0 Å². The Balaban J connectivity index is 3.03. The van der Waals surface area contributed by atoms with Gasteiger partial charge >= 0.3 is 0 Å². The van der Waals surface area contributed by atoms with Gasteiger partial charge in [-0.05, 0) is 19.1 Å². The highest BCUT2D eigenvalue weighted by atomic mass is 19.1. The molecule has 0 saturated carbocycles. The van der Waals surface area contributed by atoms with Crippen LogP contribution in [-0.4, -0.2) is 23.9 Å². The molecule has 1 aromatic carbocycles. The number of amides is 1. The molecule has 0 fully saturated rings. The molecule has 0 atom stereocenters. The number of carbonyl (C=O) groups excluding carboxylic acids is 1. The van der Waals surface area contributed by atoms with Gasteiger partial charge < -0.3 is 4.90 Å². The van der Waals surface area contributed by atoms with Crippen LogP contribution < -0.4 is 0 Å². The highest BCUT2D eigenvalue weighted by Gasteiger charge is 2.17. The molecule has 0 spiro atoms. The minimum atomic E-state index is -0.501. The summed E-state index contributed by atoms with van der Waals surface area (Å²) in [5.74, 6) is -0.843. The van der Waals surface area contributed by atoms with E-state index in [9.17, 15) is 9.18 Å². The van der Waals surface area contributed by atoms with Crippen LogP contribution in [0.4, 0.5) is 4.39 Å². The van der Waals surface area contributed by atoms with Crippen molar-refractivity contribution in [3.8, 4) is 0 Å². The van der Waals surface area contributed by atoms with Crippen LogP contribution in [0, 0.1) is 12.7 Å². The molecule has 0 aliphatic rings. The number of benzene rings is 1. The molecule has 0 heterocycles. The molecule has 0 aromatic heterocycles. The second kappa shape index (κ2) is 5.99. The van der Waals surface area contributed by atoms with Crippen LogP contribution in [0.25, 0.3) is 0 Å². The van der Waals surface area contributed by atoms with E-state index in [4.69, 9.17) is 0 Å². The van der Waals surface area contributed by atoms with E-state index in [2.05, 4.69) is 13.2 Å². The lowest BCUT2D eigenvalue weighted by atomic mass is 10.1. The Morgan fingerprint density at radius 2 is 1.94 bits per heavy atom. The number of nitrogens with zero attached hydrogens (tertiary/aromatic N) is 1. The average molecular weight is 233 g/mol. The first kappa shape index (κ1) is 13.2. The lowest BCUT2D eigenvalue weighted by Gasteiger charge is -2.19. The van der Waals surface area contributed by atoms with E-state index < -0.39 is 5.82 Å². The molecule has 1 amide bonds. The molecule has 0 N–H and O–H groups in total. The van der Waals surface area contributed by atoms with E-state index in [0.29, 0.717) is 13.1 Å². The summed E-state index contributed by atoms with van der Waals surface area (Å²) in [6.45, 7) is 9.72. The quantitative estimate of drug-likeness (QED) is 0.716. The van der Waals surface area contributed by atoms with Gasteiger partial charge in [0.05, 0.1) is 5.56 Å². The fourth-order valence-corrected chi connectivity index (χ4v) is 1.53. The molecule has 1 aromatic rings. The summed E-state index contributed by atoms with van der Waals surface area (Å²) in [4.78, 5) is 13.6. The molecule has 0 bridgehead atoms. The molecule has 2 nitrogen and oxygen atoms in total. The highest BCUT2D eigenvalue weighted by Crippen LogP contribution is 2.13. The Bertz CT molecular complexity index is 430. The maximum Gasteiger partial charge on any atom is 0.257 e. The summed E-state index contributed by atoms with van der Waals surface area (Å²) < 4.78 is 13.6. The maximum atomic E-state index is 13.6. The predicted octanol–water partition coefficient (Wildman–Crippen LogP) is 2.95. The lowest BCUT2D eigenvalue weighted by molar-refractivity contribution is 0.0786. The Kier molecular flexibility index (Phi) is 4.64. The van der Waals surface area contributed by atoms with Crippen molar-refractivity contribution in [2.75, 3.05) is 13.1 Å². The predicted molar refractivity (Wildman–Crippen MR) is 67.4 cm³/mol. The van der Waals surface area contributed by atoms with Crippen molar-refractivity contribution in [3.63, 3.8) is 0 Å².